The number of hydrogen-bond acceptors (Lipinski definition) is 5. The highest BCUT2D eigenvalue weighted by Crippen LogP contribution is 2.31. The molecule has 0 saturated carbocycles. The third-order valence-electron chi connectivity index (χ3n) is 4.78. The summed E-state index contributed by atoms with van der Waals surface area (Å²) in [4.78, 5) is 14.5. The third-order valence-corrected chi connectivity index (χ3v) is 4.78. The van der Waals surface area contributed by atoms with Crippen molar-refractivity contribution in [2.24, 2.45) is 0 Å². The first-order valence-corrected chi connectivity index (χ1v) is 10.0. The van der Waals surface area contributed by atoms with Gasteiger partial charge in [0.1, 0.15) is 0 Å². The number of carbonyl (C=O) groups excluding carboxylic acids is 1. The summed E-state index contributed by atoms with van der Waals surface area (Å²) >= 11 is 0. The number of benzene rings is 3. The number of methoxy groups -OCH3 is 1. The number of ether oxygens (including phenoxy) is 2. The van der Waals surface area contributed by atoms with E-state index in [0.29, 0.717) is 36.5 Å². The Morgan fingerprint density at radius 1 is 1.03 bits per heavy atom. The predicted molar refractivity (Wildman–Crippen MR) is 122 cm³/mol. The molecule has 0 unspecified atom stereocenters. The Hall–Kier alpha value is -3.98. The molecule has 0 heterocycles. The lowest BCUT2D eigenvalue weighted by Crippen LogP contribution is -2.17. The molecule has 158 valence electrons. The number of anilines is 3. The van der Waals surface area contributed by atoms with Crippen LogP contribution >= 0.6 is 0 Å². The number of hydrogen-bond donors (Lipinski definition) is 1. The van der Waals surface area contributed by atoms with Crippen molar-refractivity contribution in [2.45, 2.75) is 12.8 Å². The number of carbonyl (C=O) groups is 1. The van der Waals surface area contributed by atoms with Gasteiger partial charge in [0.05, 0.1) is 36.7 Å². The van der Waals surface area contributed by atoms with E-state index in [1.165, 1.54) is 7.11 Å². The van der Waals surface area contributed by atoms with Gasteiger partial charge in [-0.3, -0.25) is 4.79 Å². The third kappa shape index (κ3) is 5.77. The summed E-state index contributed by atoms with van der Waals surface area (Å²) in [5, 5.41) is 12.0. The average molecular weight is 415 g/mol. The number of nitrogens with one attached hydrogen (secondary N) is 1. The van der Waals surface area contributed by atoms with Gasteiger partial charge in [-0.05, 0) is 42.8 Å². The first-order chi connectivity index (χ1) is 15.1. The molecular formula is C25H25N3O3. The van der Waals surface area contributed by atoms with Gasteiger partial charge in [-0.1, -0.05) is 30.3 Å². The van der Waals surface area contributed by atoms with Crippen LogP contribution in [0.4, 0.5) is 17.1 Å². The van der Waals surface area contributed by atoms with E-state index in [2.05, 4.69) is 11.4 Å². The summed E-state index contributed by atoms with van der Waals surface area (Å²) in [7, 11) is 3.50. The molecule has 0 saturated heterocycles. The van der Waals surface area contributed by atoms with Crippen molar-refractivity contribution in [3.05, 3.63) is 78.4 Å². The normalized spacial score (nSPS) is 10.1. The quantitative estimate of drug-likeness (QED) is 0.490. The molecule has 0 aliphatic carbocycles. The number of amides is 1. The van der Waals surface area contributed by atoms with E-state index in [1.807, 2.05) is 66.5 Å². The summed E-state index contributed by atoms with van der Waals surface area (Å²) in [5.74, 6) is 0.974. The van der Waals surface area contributed by atoms with Crippen molar-refractivity contribution < 1.29 is 14.3 Å². The molecule has 0 fully saturated rings. The molecular weight excluding hydrogens is 390 g/mol. The van der Waals surface area contributed by atoms with Crippen molar-refractivity contribution >= 4 is 23.0 Å². The maximum Gasteiger partial charge on any atom is 0.224 e. The Bertz CT molecular complexity index is 1060. The first kappa shape index (κ1) is 21.7. The number of para-hydroxylation sites is 3. The number of nitrogens with zero attached hydrogens (tertiary/aromatic N) is 2. The Morgan fingerprint density at radius 2 is 1.77 bits per heavy atom. The van der Waals surface area contributed by atoms with E-state index in [0.717, 1.165) is 17.1 Å². The number of nitriles is 1. The zero-order valence-electron chi connectivity index (χ0n) is 17.7. The zero-order valence-corrected chi connectivity index (χ0v) is 17.7. The molecule has 1 amide bonds. The lowest BCUT2D eigenvalue weighted by atomic mass is 10.2. The highest BCUT2D eigenvalue weighted by atomic mass is 16.5. The SMILES string of the molecule is COc1cc(C#N)ccc1OCCCC(=O)Nc1ccccc1N(C)c1ccccc1. The van der Waals surface area contributed by atoms with Crippen molar-refractivity contribution in [3.63, 3.8) is 0 Å². The molecule has 3 aromatic carbocycles. The fourth-order valence-electron chi connectivity index (χ4n) is 3.15. The lowest BCUT2D eigenvalue weighted by Gasteiger charge is -2.22. The van der Waals surface area contributed by atoms with Crippen LogP contribution < -0.4 is 19.7 Å². The van der Waals surface area contributed by atoms with Gasteiger partial charge >= 0.3 is 0 Å². The lowest BCUT2D eigenvalue weighted by molar-refractivity contribution is -0.116. The van der Waals surface area contributed by atoms with E-state index < -0.39 is 0 Å². The summed E-state index contributed by atoms with van der Waals surface area (Å²) in [6.07, 6.45) is 0.869. The molecule has 0 aliphatic rings. The minimum atomic E-state index is -0.0793. The van der Waals surface area contributed by atoms with Gasteiger partial charge in [-0.25, -0.2) is 0 Å². The van der Waals surface area contributed by atoms with Gasteiger partial charge in [0.25, 0.3) is 0 Å². The topological polar surface area (TPSA) is 74.6 Å². The molecule has 3 rings (SSSR count). The Morgan fingerprint density at radius 3 is 2.52 bits per heavy atom. The maximum absolute atomic E-state index is 12.5. The van der Waals surface area contributed by atoms with Gasteiger partial charge < -0.3 is 19.7 Å². The summed E-state index contributed by atoms with van der Waals surface area (Å²) in [6.45, 7) is 0.362. The van der Waals surface area contributed by atoms with Crippen LogP contribution in [-0.4, -0.2) is 26.7 Å². The molecule has 6 nitrogen and oxygen atoms in total. The van der Waals surface area contributed by atoms with E-state index >= 15 is 0 Å². The van der Waals surface area contributed by atoms with Crippen molar-refractivity contribution in [3.8, 4) is 17.6 Å². The van der Waals surface area contributed by atoms with Crippen LogP contribution in [0.3, 0.4) is 0 Å². The van der Waals surface area contributed by atoms with Crippen LogP contribution in [0.15, 0.2) is 72.8 Å². The van der Waals surface area contributed by atoms with Crippen LogP contribution in [0.25, 0.3) is 0 Å². The van der Waals surface area contributed by atoms with E-state index in [-0.39, 0.29) is 5.91 Å². The van der Waals surface area contributed by atoms with E-state index in [1.54, 1.807) is 18.2 Å². The van der Waals surface area contributed by atoms with Crippen LogP contribution in [0.5, 0.6) is 11.5 Å². The molecule has 0 radical (unpaired) electrons. The molecule has 1 N–H and O–H groups in total. The predicted octanol–water partition coefficient (Wildman–Crippen LogP) is 5.13. The Kier molecular flexibility index (Phi) is 7.50. The molecule has 0 aliphatic heterocycles. The van der Waals surface area contributed by atoms with E-state index in [4.69, 9.17) is 14.7 Å². The summed E-state index contributed by atoms with van der Waals surface area (Å²) < 4.78 is 11.0. The van der Waals surface area contributed by atoms with Gasteiger partial charge in [0.15, 0.2) is 11.5 Å². The van der Waals surface area contributed by atoms with Gasteiger partial charge in [0, 0.05) is 25.2 Å². The standard InChI is InChI=1S/C25H25N3O3/c1-28(20-9-4-3-5-10-20)22-12-7-6-11-21(22)27-25(29)13-8-16-31-23-15-14-19(18-26)17-24(23)30-2/h3-7,9-12,14-15,17H,8,13,16H2,1-2H3,(H,27,29). The van der Waals surface area contributed by atoms with E-state index in [9.17, 15) is 4.79 Å². The molecule has 3 aromatic rings. The van der Waals surface area contributed by atoms with Gasteiger partial charge in [-0.2, -0.15) is 5.26 Å². The molecule has 31 heavy (non-hydrogen) atoms. The molecule has 0 aromatic heterocycles. The van der Waals surface area contributed by atoms with Crippen LogP contribution in [0.2, 0.25) is 0 Å². The molecule has 0 atom stereocenters. The second-order valence-electron chi connectivity index (χ2n) is 6.89. The average Bonchev–Trinajstić information content (AvgIpc) is 2.82. The highest BCUT2D eigenvalue weighted by Gasteiger charge is 2.12. The summed E-state index contributed by atoms with van der Waals surface area (Å²) in [5.41, 5.74) is 3.21. The van der Waals surface area contributed by atoms with Crippen molar-refractivity contribution in [1.29, 1.82) is 5.26 Å². The Balaban J connectivity index is 1.55. The molecule has 6 heteroatoms. The van der Waals surface area contributed by atoms with Crippen molar-refractivity contribution in [2.75, 3.05) is 31.0 Å². The Labute approximate surface area is 182 Å². The van der Waals surface area contributed by atoms with Crippen molar-refractivity contribution in [1.82, 2.24) is 0 Å². The monoisotopic (exact) mass is 415 g/mol. The zero-order chi connectivity index (χ0) is 22.1. The second kappa shape index (κ2) is 10.7. The first-order valence-electron chi connectivity index (χ1n) is 10.0. The van der Waals surface area contributed by atoms with Crippen LogP contribution in [0.1, 0.15) is 18.4 Å². The molecule has 0 bridgehead atoms. The minimum absolute atomic E-state index is 0.0793. The minimum Gasteiger partial charge on any atom is -0.493 e. The fourth-order valence-corrected chi connectivity index (χ4v) is 3.15. The number of rotatable bonds is 9. The van der Waals surface area contributed by atoms with Crippen LogP contribution in [0, 0.1) is 11.3 Å². The summed E-state index contributed by atoms with van der Waals surface area (Å²) in [6, 6.07) is 24.8. The second-order valence-corrected chi connectivity index (χ2v) is 6.89. The van der Waals surface area contributed by atoms with Gasteiger partial charge in [0.2, 0.25) is 5.91 Å². The van der Waals surface area contributed by atoms with Gasteiger partial charge in [-0.15, -0.1) is 0 Å². The van der Waals surface area contributed by atoms with Crippen LogP contribution in [-0.2, 0) is 4.79 Å². The maximum atomic E-state index is 12.5. The smallest absolute Gasteiger partial charge is 0.224 e. The largest absolute Gasteiger partial charge is 0.493 e. The highest BCUT2D eigenvalue weighted by molar-refractivity contribution is 5.95. The fraction of sp³-hybridized carbons (Fsp3) is 0.200. The molecule has 0 spiro atoms.